The van der Waals surface area contributed by atoms with Crippen LogP contribution in [0.3, 0.4) is 0 Å². The van der Waals surface area contributed by atoms with E-state index in [4.69, 9.17) is 18.6 Å². The minimum absolute atomic E-state index is 0.147. The van der Waals surface area contributed by atoms with Crippen molar-refractivity contribution in [3.05, 3.63) is 29.5 Å². The van der Waals surface area contributed by atoms with Crippen molar-refractivity contribution in [2.24, 2.45) is 0 Å². The molecule has 0 fully saturated rings. The summed E-state index contributed by atoms with van der Waals surface area (Å²) in [5.74, 6) is 2.12. The summed E-state index contributed by atoms with van der Waals surface area (Å²) in [7, 11) is 4.59. The fraction of sp³-hybridized carbons (Fsp3) is 0.438. The molecule has 1 aromatic heterocycles. The molecule has 0 bridgehead atoms. The second kappa shape index (κ2) is 7.67. The highest BCUT2D eigenvalue weighted by atomic mass is 16.5. The Kier molecular flexibility index (Phi) is 5.62. The first-order chi connectivity index (χ1) is 11.5. The van der Waals surface area contributed by atoms with Crippen molar-refractivity contribution in [1.82, 2.24) is 15.5 Å². The van der Waals surface area contributed by atoms with E-state index < -0.39 is 0 Å². The molecule has 0 aliphatic rings. The molecule has 1 heterocycles. The van der Waals surface area contributed by atoms with Crippen LogP contribution in [-0.2, 0) is 11.2 Å². The zero-order chi connectivity index (χ0) is 17.7. The number of rotatable bonds is 7. The smallest absolute Gasteiger partial charge is 0.238 e. The number of aromatic nitrogens is 2. The van der Waals surface area contributed by atoms with Crippen LogP contribution >= 0.6 is 0 Å². The summed E-state index contributed by atoms with van der Waals surface area (Å²) in [5, 5.41) is 10.5. The lowest BCUT2D eigenvalue weighted by atomic mass is 10.1. The maximum absolute atomic E-state index is 12.2. The standard InChI is InChI=1S/C16H21N3O5/c1-9(16-19-18-10(2)24-16)17-14(20)8-11-6-12(21-3)15(23-5)13(7-11)22-4/h6-7,9H,8H2,1-5H3,(H,17,20)/t9-/m1/s1. The molecule has 1 amide bonds. The minimum Gasteiger partial charge on any atom is -0.493 e. The van der Waals surface area contributed by atoms with E-state index in [2.05, 4.69) is 15.5 Å². The summed E-state index contributed by atoms with van der Waals surface area (Å²) < 4.78 is 21.1. The molecule has 0 spiro atoms. The van der Waals surface area contributed by atoms with Gasteiger partial charge in [0.25, 0.3) is 0 Å². The number of carbonyl (C=O) groups is 1. The van der Waals surface area contributed by atoms with Crippen LogP contribution in [0.15, 0.2) is 16.5 Å². The Hall–Kier alpha value is -2.77. The number of benzene rings is 1. The summed E-state index contributed by atoms with van der Waals surface area (Å²) in [4.78, 5) is 12.2. The molecule has 2 rings (SSSR count). The molecule has 0 aliphatic carbocycles. The fourth-order valence-electron chi connectivity index (χ4n) is 2.26. The molecular formula is C16H21N3O5. The molecule has 0 aliphatic heterocycles. The van der Waals surface area contributed by atoms with Crippen LogP contribution in [0, 0.1) is 6.92 Å². The van der Waals surface area contributed by atoms with E-state index in [1.807, 2.05) is 0 Å². The van der Waals surface area contributed by atoms with E-state index in [9.17, 15) is 4.79 Å². The Morgan fingerprint density at radius 3 is 2.25 bits per heavy atom. The van der Waals surface area contributed by atoms with Crippen molar-refractivity contribution < 1.29 is 23.4 Å². The second-order valence-electron chi connectivity index (χ2n) is 5.16. The van der Waals surface area contributed by atoms with Crippen molar-refractivity contribution in [1.29, 1.82) is 0 Å². The van der Waals surface area contributed by atoms with Crippen LogP contribution < -0.4 is 19.5 Å². The van der Waals surface area contributed by atoms with Gasteiger partial charge in [0.2, 0.25) is 23.4 Å². The summed E-state index contributed by atoms with van der Waals surface area (Å²) >= 11 is 0. The van der Waals surface area contributed by atoms with E-state index in [1.165, 1.54) is 21.3 Å². The molecule has 8 heteroatoms. The van der Waals surface area contributed by atoms with Crippen molar-refractivity contribution in [2.75, 3.05) is 21.3 Å². The van der Waals surface area contributed by atoms with Gasteiger partial charge in [-0.3, -0.25) is 4.79 Å². The molecule has 2 aromatic rings. The van der Waals surface area contributed by atoms with Gasteiger partial charge in [-0.25, -0.2) is 0 Å². The average Bonchev–Trinajstić information content (AvgIpc) is 3.00. The number of hydrogen-bond donors (Lipinski definition) is 1. The lowest BCUT2D eigenvalue weighted by molar-refractivity contribution is -0.121. The Morgan fingerprint density at radius 2 is 1.79 bits per heavy atom. The van der Waals surface area contributed by atoms with E-state index >= 15 is 0 Å². The Bertz CT molecular complexity index is 688. The number of amides is 1. The fourth-order valence-corrected chi connectivity index (χ4v) is 2.26. The van der Waals surface area contributed by atoms with Gasteiger partial charge in [-0.2, -0.15) is 0 Å². The summed E-state index contributed by atoms with van der Waals surface area (Å²) in [6.07, 6.45) is 0.147. The number of nitrogens with one attached hydrogen (secondary N) is 1. The molecular weight excluding hydrogens is 314 g/mol. The van der Waals surface area contributed by atoms with Gasteiger partial charge < -0.3 is 23.9 Å². The zero-order valence-electron chi connectivity index (χ0n) is 14.4. The number of aryl methyl sites for hydroxylation is 1. The van der Waals surface area contributed by atoms with Gasteiger partial charge in [0.15, 0.2) is 11.5 Å². The first-order valence-corrected chi connectivity index (χ1v) is 7.36. The second-order valence-corrected chi connectivity index (χ2v) is 5.16. The van der Waals surface area contributed by atoms with E-state index in [0.717, 1.165) is 5.56 Å². The van der Waals surface area contributed by atoms with Crippen LogP contribution in [0.5, 0.6) is 17.2 Å². The van der Waals surface area contributed by atoms with E-state index in [1.54, 1.807) is 26.0 Å². The van der Waals surface area contributed by atoms with E-state index in [-0.39, 0.29) is 18.4 Å². The zero-order valence-corrected chi connectivity index (χ0v) is 14.4. The van der Waals surface area contributed by atoms with Crippen LogP contribution in [0.2, 0.25) is 0 Å². The van der Waals surface area contributed by atoms with Gasteiger partial charge in [-0.1, -0.05) is 0 Å². The highest BCUT2D eigenvalue weighted by Crippen LogP contribution is 2.38. The normalized spacial score (nSPS) is 11.7. The largest absolute Gasteiger partial charge is 0.493 e. The van der Waals surface area contributed by atoms with Gasteiger partial charge in [-0.15, -0.1) is 10.2 Å². The summed E-state index contributed by atoms with van der Waals surface area (Å²) in [6, 6.07) is 3.10. The van der Waals surface area contributed by atoms with Gasteiger partial charge >= 0.3 is 0 Å². The topological polar surface area (TPSA) is 95.7 Å². The molecule has 0 saturated heterocycles. The van der Waals surface area contributed by atoms with Gasteiger partial charge in [-0.05, 0) is 24.6 Å². The molecule has 0 radical (unpaired) electrons. The minimum atomic E-state index is -0.374. The van der Waals surface area contributed by atoms with Crippen molar-refractivity contribution in [2.45, 2.75) is 26.3 Å². The highest BCUT2D eigenvalue weighted by Gasteiger charge is 2.18. The quantitative estimate of drug-likeness (QED) is 0.824. The molecule has 8 nitrogen and oxygen atoms in total. The van der Waals surface area contributed by atoms with E-state index in [0.29, 0.717) is 29.0 Å². The number of nitrogens with zero attached hydrogens (tertiary/aromatic N) is 2. The average molecular weight is 335 g/mol. The summed E-state index contributed by atoms with van der Waals surface area (Å²) in [5.41, 5.74) is 0.732. The molecule has 130 valence electrons. The Morgan fingerprint density at radius 1 is 1.17 bits per heavy atom. The third-order valence-electron chi connectivity index (χ3n) is 3.38. The number of carbonyl (C=O) groups excluding carboxylic acids is 1. The van der Waals surface area contributed by atoms with Crippen LogP contribution in [0.25, 0.3) is 0 Å². The van der Waals surface area contributed by atoms with Crippen LogP contribution in [-0.4, -0.2) is 37.4 Å². The van der Waals surface area contributed by atoms with Crippen molar-refractivity contribution >= 4 is 5.91 Å². The van der Waals surface area contributed by atoms with Crippen molar-refractivity contribution in [3.63, 3.8) is 0 Å². The molecule has 0 saturated carbocycles. The maximum atomic E-state index is 12.2. The number of ether oxygens (including phenoxy) is 3. The van der Waals surface area contributed by atoms with Gasteiger partial charge in [0.05, 0.1) is 27.8 Å². The molecule has 24 heavy (non-hydrogen) atoms. The van der Waals surface area contributed by atoms with Gasteiger partial charge in [0.1, 0.15) is 6.04 Å². The predicted octanol–water partition coefficient (Wildman–Crippen LogP) is 1.82. The first kappa shape index (κ1) is 17.6. The van der Waals surface area contributed by atoms with Crippen LogP contribution in [0.1, 0.15) is 30.3 Å². The molecule has 0 unspecified atom stereocenters. The van der Waals surface area contributed by atoms with Crippen molar-refractivity contribution in [3.8, 4) is 17.2 Å². The Balaban J connectivity index is 2.11. The SMILES string of the molecule is COc1cc(CC(=O)N[C@H](C)c2nnc(C)o2)cc(OC)c1OC. The highest BCUT2D eigenvalue weighted by molar-refractivity contribution is 5.79. The maximum Gasteiger partial charge on any atom is 0.238 e. The molecule has 1 aromatic carbocycles. The third kappa shape index (κ3) is 3.95. The molecule has 1 N–H and O–H groups in total. The number of methoxy groups -OCH3 is 3. The third-order valence-corrected chi connectivity index (χ3v) is 3.38. The lowest BCUT2D eigenvalue weighted by Crippen LogP contribution is -2.28. The van der Waals surface area contributed by atoms with Crippen LogP contribution in [0.4, 0.5) is 0 Å². The monoisotopic (exact) mass is 335 g/mol. The van der Waals surface area contributed by atoms with Gasteiger partial charge in [0, 0.05) is 6.92 Å². The predicted molar refractivity (Wildman–Crippen MR) is 85.4 cm³/mol. The first-order valence-electron chi connectivity index (χ1n) is 7.36. The number of hydrogen-bond acceptors (Lipinski definition) is 7. The molecule has 1 atom stereocenters. The lowest BCUT2D eigenvalue weighted by Gasteiger charge is -2.15. The summed E-state index contributed by atoms with van der Waals surface area (Å²) in [6.45, 7) is 3.47. The Labute approximate surface area is 140 Å².